The smallest absolute Gasteiger partial charge is 0.00356 e. The molecule has 16 heavy (non-hydrogen) atoms. The van der Waals surface area contributed by atoms with Crippen LogP contribution >= 0.6 is 22.6 Å². The highest BCUT2D eigenvalue weighted by Gasteiger charge is 2.27. The molecule has 0 saturated heterocycles. The second kappa shape index (κ2) is 7.91. The van der Waals surface area contributed by atoms with Gasteiger partial charge in [-0.1, -0.05) is 50.3 Å². The van der Waals surface area contributed by atoms with E-state index in [1.54, 1.807) is 0 Å². The van der Waals surface area contributed by atoms with Gasteiger partial charge in [0.25, 0.3) is 0 Å². The Hall–Kier alpha value is 0.690. The Morgan fingerprint density at radius 3 is 1.56 bits per heavy atom. The Morgan fingerprint density at radius 2 is 1.31 bits per heavy atom. The summed E-state index contributed by atoms with van der Waals surface area (Å²) >= 11 is 2.56. The molecule has 0 aliphatic rings. The summed E-state index contributed by atoms with van der Waals surface area (Å²) in [5.74, 6) is 3.25. The van der Waals surface area contributed by atoms with Crippen LogP contribution in [0.1, 0.15) is 41.5 Å². The number of hydrogen-bond acceptors (Lipinski definition) is 1. The molecule has 2 atom stereocenters. The van der Waals surface area contributed by atoms with Crippen molar-refractivity contribution in [3.05, 3.63) is 0 Å². The summed E-state index contributed by atoms with van der Waals surface area (Å²) in [6, 6.07) is 0.656. The van der Waals surface area contributed by atoms with Gasteiger partial charge >= 0.3 is 0 Å². The second-order valence-corrected chi connectivity index (χ2v) is 6.88. The zero-order valence-corrected chi connectivity index (χ0v) is 14.3. The quantitative estimate of drug-likeness (QED) is 0.494. The summed E-state index contributed by atoms with van der Waals surface area (Å²) in [6.07, 6.45) is 0. The SMILES string of the molecule is CC(C)C(CI)C(CN(C)C(C)C)C(C)C. The van der Waals surface area contributed by atoms with E-state index in [1.807, 2.05) is 0 Å². The first-order valence-electron chi connectivity index (χ1n) is 6.57. The molecule has 0 N–H and O–H groups in total. The second-order valence-electron chi connectivity index (χ2n) is 6.00. The number of hydrogen-bond donors (Lipinski definition) is 0. The number of halogens is 1. The molecule has 1 nitrogen and oxygen atoms in total. The van der Waals surface area contributed by atoms with Gasteiger partial charge in [-0.25, -0.2) is 0 Å². The van der Waals surface area contributed by atoms with Gasteiger partial charge in [-0.2, -0.15) is 0 Å². The lowest BCUT2D eigenvalue weighted by molar-refractivity contribution is 0.138. The molecule has 0 saturated carbocycles. The Kier molecular flexibility index (Phi) is 8.25. The summed E-state index contributed by atoms with van der Waals surface area (Å²) in [4.78, 5) is 2.49. The van der Waals surface area contributed by atoms with Gasteiger partial charge < -0.3 is 4.90 Å². The fraction of sp³-hybridized carbons (Fsp3) is 1.00. The fourth-order valence-electron chi connectivity index (χ4n) is 2.17. The molecule has 0 aromatic heterocycles. The molecule has 2 heteroatoms. The standard InChI is InChI=1S/C14H30IN/c1-10(2)13(8-15)14(11(3)4)9-16(7)12(5)6/h10-14H,8-9H2,1-7H3. The maximum absolute atomic E-state index is 2.56. The minimum absolute atomic E-state index is 0.656. The third-order valence-corrected chi connectivity index (χ3v) is 4.84. The highest BCUT2D eigenvalue weighted by molar-refractivity contribution is 14.1. The van der Waals surface area contributed by atoms with Crippen LogP contribution in [0.2, 0.25) is 0 Å². The Bertz CT molecular complexity index is 178. The topological polar surface area (TPSA) is 3.24 Å². The minimum atomic E-state index is 0.656. The van der Waals surface area contributed by atoms with Crippen molar-refractivity contribution in [1.82, 2.24) is 4.90 Å². The molecule has 0 amide bonds. The van der Waals surface area contributed by atoms with E-state index in [0.29, 0.717) is 6.04 Å². The number of rotatable bonds is 7. The van der Waals surface area contributed by atoms with Gasteiger partial charge in [0.05, 0.1) is 0 Å². The molecule has 0 rings (SSSR count). The van der Waals surface area contributed by atoms with Gasteiger partial charge in [-0.3, -0.25) is 0 Å². The van der Waals surface area contributed by atoms with Crippen molar-refractivity contribution in [2.24, 2.45) is 23.7 Å². The van der Waals surface area contributed by atoms with E-state index >= 15 is 0 Å². The van der Waals surface area contributed by atoms with E-state index < -0.39 is 0 Å². The molecule has 0 spiro atoms. The van der Waals surface area contributed by atoms with Crippen LogP contribution in [-0.2, 0) is 0 Å². The van der Waals surface area contributed by atoms with E-state index in [4.69, 9.17) is 0 Å². The summed E-state index contributed by atoms with van der Waals surface area (Å²) in [5, 5.41) is 0. The molecule has 0 aliphatic heterocycles. The normalized spacial score (nSPS) is 16.5. The van der Waals surface area contributed by atoms with E-state index in [0.717, 1.165) is 23.7 Å². The first-order valence-corrected chi connectivity index (χ1v) is 8.10. The lowest BCUT2D eigenvalue weighted by Crippen LogP contribution is -2.38. The van der Waals surface area contributed by atoms with Crippen LogP contribution in [0.25, 0.3) is 0 Å². The van der Waals surface area contributed by atoms with Crippen molar-refractivity contribution in [3.8, 4) is 0 Å². The van der Waals surface area contributed by atoms with Gasteiger partial charge in [0.15, 0.2) is 0 Å². The fourth-order valence-corrected chi connectivity index (χ4v) is 3.84. The largest absolute Gasteiger partial charge is 0.304 e. The number of alkyl halides is 1. The van der Waals surface area contributed by atoms with Crippen molar-refractivity contribution in [2.45, 2.75) is 47.6 Å². The zero-order chi connectivity index (χ0) is 12.9. The molecule has 0 aromatic rings. The van der Waals surface area contributed by atoms with E-state index in [9.17, 15) is 0 Å². The monoisotopic (exact) mass is 339 g/mol. The molecule has 0 aliphatic carbocycles. The average molecular weight is 339 g/mol. The van der Waals surface area contributed by atoms with Crippen molar-refractivity contribution in [3.63, 3.8) is 0 Å². The van der Waals surface area contributed by atoms with E-state index in [1.165, 1.54) is 11.0 Å². The maximum atomic E-state index is 2.56. The van der Waals surface area contributed by atoms with Crippen LogP contribution in [0.3, 0.4) is 0 Å². The summed E-state index contributed by atoms with van der Waals surface area (Å²) in [7, 11) is 2.25. The van der Waals surface area contributed by atoms with Crippen molar-refractivity contribution in [2.75, 3.05) is 18.0 Å². The highest BCUT2D eigenvalue weighted by atomic mass is 127. The predicted octanol–water partition coefficient (Wildman–Crippen LogP) is 4.31. The predicted molar refractivity (Wildman–Crippen MR) is 83.3 cm³/mol. The van der Waals surface area contributed by atoms with E-state index in [2.05, 4.69) is 76.1 Å². The van der Waals surface area contributed by atoms with Crippen molar-refractivity contribution < 1.29 is 0 Å². The van der Waals surface area contributed by atoms with Crippen LogP contribution < -0.4 is 0 Å². The van der Waals surface area contributed by atoms with Gasteiger partial charge in [-0.15, -0.1) is 0 Å². The molecule has 98 valence electrons. The van der Waals surface area contributed by atoms with Gasteiger partial charge in [0, 0.05) is 17.0 Å². The van der Waals surface area contributed by atoms with E-state index in [-0.39, 0.29) is 0 Å². The Balaban J connectivity index is 4.59. The van der Waals surface area contributed by atoms with Gasteiger partial charge in [-0.05, 0) is 44.6 Å². The molecule has 0 heterocycles. The molecule has 0 aromatic carbocycles. The third kappa shape index (κ3) is 5.35. The molecule has 0 radical (unpaired) electrons. The maximum Gasteiger partial charge on any atom is 0.00356 e. The minimum Gasteiger partial charge on any atom is -0.304 e. The lowest BCUT2D eigenvalue weighted by atomic mass is 9.78. The first-order chi connectivity index (χ1) is 7.31. The number of nitrogens with zero attached hydrogens (tertiary/aromatic N) is 1. The van der Waals surface area contributed by atoms with Crippen LogP contribution in [0.5, 0.6) is 0 Å². The van der Waals surface area contributed by atoms with Gasteiger partial charge in [0.2, 0.25) is 0 Å². The summed E-state index contributed by atoms with van der Waals surface area (Å²) in [5.41, 5.74) is 0. The first kappa shape index (κ1) is 16.7. The molecule has 0 bridgehead atoms. The molecule has 0 fully saturated rings. The Morgan fingerprint density at radius 1 is 0.875 bits per heavy atom. The zero-order valence-electron chi connectivity index (χ0n) is 12.1. The van der Waals surface area contributed by atoms with Crippen LogP contribution in [0.4, 0.5) is 0 Å². The van der Waals surface area contributed by atoms with Crippen molar-refractivity contribution >= 4 is 22.6 Å². The van der Waals surface area contributed by atoms with Crippen molar-refractivity contribution in [1.29, 1.82) is 0 Å². The molecular formula is C14H30IN. The molecular weight excluding hydrogens is 309 g/mol. The average Bonchev–Trinajstić information content (AvgIpc) is 2.16. The highest BCUT2D eigenvalue weighted by Crippen LogP contribution is 2.30. The van der Waals surface area contributed by atoms with Crippen LogP contribution in [0, 0.1) is 23.7 Å². The summed E-state index contributed by atoms with van der Waals surface area (Å²) < 4.78 is 1.28. The third-order valence-electron chi connectivity index (χ3n) is 3.82. The summed E-state index contributed by atoms with van der Waals surface area (Å²) in [6.45, 7) is 15.3. The van der Waals surface area contributed by atoms with Gasteiger partial charge in [0.1, 0.15) is 0 Å². The van der Waals surface area contributed by atoms with Crippen LogP contribution in [0.15, 0.2) is 0 Å². The Labute approximate surface area is 117 Å². The molecule has 2 unspecified atom stereocenters. The lowest BCUT2D eigenvalue weighted by Gasteiger charge is -2.36. The van der Waals surface area contributed by atoms with Crippen LogP contribution in [-0.4, -0.2) is 29.0 Å².